The Balaban J connectivity index is 1.51. The average molecular weight is 469 g/mol. The predicted octanol–water partition coefficient (Wildman–Crippen LogP) is 3.68. The van der Waals surface area contributed by atoms with Gasteiger partial charge in [-0.3, -0.25) is 4.79 Å². The number of benzene rings is 2. The highest BCUT2D eigenvalue weighted by atomic mass is 32.2. The molecule has 1 aliphatic rings. The Bertz CT molecular complexity index is 1230. The lowest BCUT2D eigenvalue weighted by molar-refractivity contribution is 0.102. The predicted molar refractivity (Wildman–Crippen MR) is 126 cm³/mol. The summed E-state index contributed by atoms with van der Waals surface area (Å²) >= 11 is 0. The normalized spacial score (nSPS) is 14.7. The molecule has 1 fully saturated rings. The maximum Gasteiger partial charge on any atom is 0.255 e. The molecule has 1 saturated heterocycles. The van der Waals surface area contributed by atoms with Gasteiger partial charge in [0, 0.05) is 43.3 Å². The van der Waals surface area contributed by atoms with Crippen LogP contribution in [-0.2, 0) is 16.6 Å². The van der Waals surface area contributed by atoms with Crippen LogP contribution in [0.5, 0.6) is 5.75 Å². The van der Waals surface area contributed by atoms with Crippen molar-refractivity contribution >= 4 is 21.6 Å². The third-order valence-electron chi connectivity index (χ3n) is 5.85. The van der Waals surface area contributed by atoms with Gasteiger partial charge >= 0.3 is 0 Å². The van der Waals surface area contributed by atoms with Gasteiger partial charge in [-0.25, -0.2) is 13.4 Å². The second-order valence-corrected chi connectivity index (χ2v) is 9.99. The molecule has 1 aliphatic heterocycles. The highest BCUT2D eigenvalue weighted by molar-refractivity contribution is 7.89. The lowest BCUT2D eigenvalue weighted by atomic mass is 10.1. The summed E-state index contributed by atoms with van der Waals surface area (Å²) in [5, 5.41) is 2.81. The van der Waals surface area contributed by atoms with Gasteiger partial charge in [-0.15, -0.1) is 0 Å². The lowest BCUT2D eigenvalue weighted by Gasteiger charge is -2.26. The van der Waals surface area contributed by atoms with E-state index >= 15 is 0 Å². The molecule has 174 valence electrons. The molecule has 0 spiro atoms. The van der Waals surface area contributed by atoms with Crippen LogP contribution in [-0.4, -0.2) is 48.4 Å². The fourth-order valence-corrected chi connectivity index (χ4v) is 5.63. The summed E-state index contributed by atoms with van der Waals surface area (Å²) in [6, 6.07) is 12.0. The number of carbonyl (C=O) groups excluding carboxylic acids is 1. The van der Waals surface area contributed by atoms with Gasteiger partial charge in [0.25, 0.3) is 5.91 Å². The quantitative estimate of drug-likeness (QED) is 0.571. The van der Waals surface area contributed by atoms with Gasteiger partial charge in [0.1, 0.15) is 16.5 Å². The van der Waals surface area contributed by atoms with E-state index in [0.29, 0.717) is 30.9 Å². The molecule has 1 N–H and O–H groups in total. The van der Waals surface area contributed by atoms with Gasteiger partial charge in [0.15, 0.2) is 0 Å². The molecule has 0 atom stereocenters. The molecule has 9 heteroatoms. The van der Waals surface area contributed by atoms with Crippen molar-refractivity contribution in [2.75, 3.05) is 25.5 Å². The van der Waals surface area contributed by atoms with Crippen LogP contribution in [0.2, 0.25) is 0 Å². The van der Waals surface area contributed by atoms with Crippen LogP contribution in [0.25, 0.3) is 0 Å². The maximum absolute atomic E-state index is 13.2. The SMILES string of the molecule is COc1ccc(NC(=O)c2ccc(Cn3ccnc3C)cc2)cc1S(=O)(=O)N1CCCCC1. The minimum atomic E-state index is -3.71. The number of anilines is 1. The molecule has 0 unspecified atom stereocenters. The Labute approximate surface area is 194 Å². The van der Waals surface area contributed by atoms with Gasteiger partial charge in [0.2, 0.25) is 10.0 Å². The summed E-state index contributed by atoms with van der Waals surface area (Å²) in [7, 11) is -2.27. The molecule has 3 aromatic rings. The van der Waals surface area contributed by atoms with Crippen molar-refractivity contribution < 1.29 is 17.9 Å². The van der Waals surface area contributed by atoms with E-state index in [1.165, 1.54) is 17.5 Å². The summed E-state index contributed by atoms with van der Waals surface area (Å²) in [6.45, 7) is 3.60. The summed E-state index contributed by atoms with van der Waals surface area (Å²) < 4.78 is 35.2. The van der Waals surface area contributed by atoms with Gasteiger partial charge in [-0.1, -0.05) is 18.6 Å². The van der Waals surface area contributed by atoms with Crippen molar-refractivity contribution in [3.8, 4) is 5.75 Å². The molecular weight excluding hydrogens is 440 g/mol. The van der Waals surface area contributed by atoms with Crippen molar-refractivity contribution in [3.05, 3.63) is 71.8 Å². The van der Waals surface area contributed by atoms with Crippen LogP contribution in [0.4, 0.5) is 5.69 Å². The first-order valence-electron chi connectivity index (χ1n) is 10.9. The Morgan fingerprint density at radius 2 is 1.82 bits per heavy atom. The molecule has 0 radical (unpaired) electrons. The molecule has 0 saturated carbocycles. The average Bonchev–Trinajstić information content (AvgIpc) is 3.24. The standard InChI is InChI=1S/C24H28N4O4S/c1-18-25-12-15-27(18)17-19-6-8-20(9-7-19)24(29)26-21-10-11-22(32-2)23(16-21)33(30,31)28-13-4-3-5-14-28/h6-12,15-16H,3-5,13-14,17H2,1-2H3,(H,26,29). The van der Waals surface area contributed by atoms with E-state index in [-0.39, 0.29) is 16.6 Å². The van der Waals surface area contributed by atoms with Crippen molar-refractivity contribution in [1.82, 2.24) is 13.9 Å². The van der Waals surface area contributed by atoms with Crippen LogP contribution in [0.3, 0.4) is 0 Å². The minimum Gasteiger partial charge on any atom is -0.495 e. The molecule has 0 bridgehead atoms. The summed E-state index contributed by atoms with van der Waals surface area (Å²) in [5.74, 6) is 0.871. The molecule has 8 nitrogen and oxygen atoms in total. The molecule has 4 rings (SSSR count). The third kappa shape index (κ3) is 5.09. The Kier molecular flexibility index (Phi) is 6.80. The zero-order valence-corrected chi connectivity index (χ0v) is 19.6. The number of ether oxygens (including phenoxy) is 1. The summed E-state index contributed by atoms with van der Waals surface area (Å²) in [4.78, 5) is 17.1. The van der Waals surface area contributed by atoms with Crippen LogP contribution in [0.1, 0.15) is 41.0 Å². The Morgan fingerprint density at radius 1 is 1.09 bits per heavy atom. The van der Waals surface area contributed by atoms with Crippen LogP contribution in [0.15, 0.2) is 59.8 Å². The second kappa shape index (κ2) is 9.76. The first-order valence-corrected chi connectivity index (χ1v) is 12.4. The highest BCUT2D eigenvalue weighted by Crippen LogP contribution is 2.31. The lowest BCUT2D eigenvalue weighted by Crippen LogP contribution is -2.35. The number of nitrogens with zero attached hydrogens (tertiary/aromatic N) is 3. The van der Waals surface area contributed by atoms with E-state index < -0.39 is 10.0 Å². The number of hydrogen-bond acceptors (Lipinski definition) is 5. The van der Waals surface area contributed by atoms with E-state index in [1.807, 2.05) is 29.8 Å². The number of rotatable bonds is 7. The number of sulfonamides is 1. The molecule has 1 aromatic heterocycles. The summed E-state index contributed by atoms with van der Waals surface area (Å²) in [6.07, 6.45) is 6.38. The van der Waals surface area contributed by atoms with Crippen molar-refractivity contribution in [3.63, 3.8) is 0 Å². The number of carbonyl (C=O) groups is 1. The molecule has 1 amide bonds. The van der Waals surface area contributed by atoms with E-state index in [1.54, 1.807) is 30.5 Å². The monoisotopic (exact) mass is 468 g/mol. The fourth-order valence-electron chi connectivity index (χ4n) is 3.93. The first-order chi connectivity index (χ1) is 15.9. The smallest absolute Gasteiger partial charge is 0.255 e. The topological polar surface area (TPSA) is 93.5 Å². The van der Waals surface area contributed by atoms with E-state index in [9.17, 15) is 13.2 Å². The number of piperidine rings is 1. The number of nitrogens with one attached hydrogen (secondary N) is 1. The van der Waals surface area contributed by atoms with Gasteiger partial charge in [0.05, 0.1) is 7.11 Å². The van der Waals surface area contributed by atoms with E-state index in [4.69, 9.17) is 4.74 Å². The molecule has 2 heterocycles. The number of aryl methyl sites for hydroxylation is 1. The van der Waals surface area contributed by atoms with Crippen molar-refractivity contribution in [1.29, 1.82) is 0 Å². The molecular formula is C24H28N4O4S. The second-order valence-electron chi connectivity index (χ2n) is 8.08. The largest absolute Gasteiger partial charge is 0.495 e. The minimum absolute atomic E-state index is 0.0655. The first kappa shape index (κ1) is 23.0. The highest BCUT2D eigenvalue weighted by Gasteiger charge is 2.29. The van der Waals surface area contributed by atoms with Gasteiger partial charge in [-0.2, -0.15) is 4.31 Å². The van der Waals surface area contributed by atoms with Gasteiger partial charge in [-0.05, 0) is 55.7 Å². The zero-order chi connectivity index (χ0) is 23.4. The number of aromatic nitrogens is 2. The third-order valence-corrected chi connectivity index (χ3v) is 7.77. The number of amides is 1. The van der Waals surface area contributed by atoms with Crippen LogP contribution < -0.4 is 10.1 Å². The maximum atomic E-state index is 13.2. The van der Waals surface area contributed by atoms with E-state index in [0.717, 1.165) is 30.7 Å². The van der Waals surface area contributed by atoms with Gasteiger partial charge < -0.3 is 14.6 Å². The fraction of sp³-hybridized carbons (Fsp3) is 0.333. The van der Waals surface area contributed by atoms with E-state index in [2.05, 4.69) is 10.3 Å². The van der Waals surface area contributed by atoms with Crippen LogP contribution >= 0.6 is 0 Å². The summed E-state index contributed by atoms with van der Waals surface area (Å²) in [5.41, 5.74) is 1.93. The van der Waals surface area contributed by atoms with Crippen molar-refractivity contribution in [2.45, 2.75) is 37.6 Å². The molecule has 2 aromatic carbocycles. The number of imidazole rings is 1. The number of methoxy groups -OCH3 is 1. The molecule has 33 heavy (non-hydrogen) atoms. The van der Waals surface area contributed by atoms with Crippen molar-refractivity contribution in [2.24, 2.45) is 0 Å². The Morgan fingerprint density at radius 3 is 2.45 bits per heavy atom. The zero-order valence-electron chi connectivity index (χ0n) is 18.8. The number of hydrogen-bond donors (Lipinski definition) is 1. The van der Waals surface area contributed by atoms with Crippen LogP contribution in [0, 0.1) is 6.92 Å². The molecule has 0 aliphatic carbocycles. The Hall–Kier alpha value is -3.17.